The number of carbonyl (C=O) groups is 2. The second kappa shape index (κ2) is 15.6. The molecular weight excluding hydrogens is 588 g/mol. The molecule has 2 aliphatic rings. The Kier molecular flexibility index (Phi) is 13.7. The van der Waals surface area contributed by atoms with Crippen molar-refractivity contribution in [3.63, 3.8) is 0 Å². The van der Waals surface area contributed by atoms with Crippen LogP contribution in [0.3, 0.4) is 0 Å². The molecule has 2 rings (SSSR count). The number of aliphatic hydroxyl groups is 2. The number of hydrogen-bond acceptors (Lipinski definition) is 10. The minimum absolute atomic E-state index is 0.170. The molecule has 2 aliphatic heterocycles. The Morgan fingerprint density at radius 2 is 0.935 bits per heavy atom. The number of rotatable bonds is 17. The van der Waals surface area contributed by atoms with Crippen LogP contribution in [0.5, 0.6) is 0 Å². The molecule has 0 aromatic rings. The highest BCUT2D eigenvalue weighted by Gasteiger charge is 2.45. The first-order valence-corrected chi connectivity index (χ1v) is 17.0. The summed E-state index contributed by atoms with van der Waals surface area (Å²) in [6, 6.07) is 0. The topological polar surface area (TPSA) is 118 Å². The average Bonchev–Trinajstić information content (AvgIpc) is 2.81. The van der Waals surface area contributed by atoms with Crippen molar-refractivity contribution in [2.45, 2.75) is 181 Å². The molecule has 0 atom stereocenters. The fourth-order valence-corrected chi connectivity index (χ4v) is 6.46. The second-order valence-corrected chi connectivity index (χ2v) is 16.8. The Morgan fingerprint density at radius 1 is 0.630 bits per heavy atom. The van der Waals surface area contributed by atoms with Crippen LogP contribution in [0.25, 0.3) is 0 Å². The van der Waals surface area contributed by atoms with Crippen molar-refractivity contribution < 1.29 is 39.0 Å². The molecular formula is C36H64N2O8. The van der Waals surface area contributed by atoms with Gasteiger partial charge < -0.3 is 19.7 Å². The minimum atomic E-state index is -0.948. The zero-order valence-corrected chi connectivity index (χ0v) is 30.9. The van der Waals surface area contributed by atoms with Gasteiger partial charge in [0.25, 0.3) is 0 Å². The maximum atomic E-state index is 12.6. The van der Waals surface area contributed by atoms with E-state index in [1.54, 1.807) is 27.7 Å². The van der Waals surface area contributed by atoms with E-state index >= 15 is 0 Å². The van der Waals surface area contributed by atoms with E-state index in [1.807, 2.05) is 77.7 Å². The molecule has 0 radical (unpaired) electrons. The molecule has 0 spiro atoms. The molecule has 0 unspecified atom stereocenters. The van der Waals surface area contributed by atoms with Crippen molar-refractivity contribution in [3.8, 4) is 0 Å². The predicted octanol–water partition coefficient (Wildman–Crippen LogP) is 6.89. The number of carbonyl (C=O) groups excluding carboxylic acids is 2. The Morgan fingerprint density at radius 3 is 1.22 bits per heavy atom. The molecule has 0 bridgehead atoms. The van der Waals surface area contributed by atoms with Gasteiger partial charge in [0, 0.05) is 36.8 Å². The highest BCUT2D eigenvalue weighted by molar-refractivity contribution is 5.71. The van der Waals surface area contributed by atoms with E-state index in [1.165, 1.54) is 0 Å². The summed E-state index contributed by atoms with van der Waals surface area (Å²) in [7, 11) is 0. The van der Waals surface area contributed by atoms with Gasteiger partial charge in [-0.1, -0.05) is 25.7 Å². The van der Waals surface area contributed by atoms with Crippen molar-refractivity contribution in [2.24, 2.45) is 0 Å². The lowest BCUT2D eigenvalue weighted by Gasteiger charge is -2.49. The normalized spacial score (nSPS) is 21.3. The molecule has 0 saturated carbocycles. The van der Waals surface area contributed by atoms with Crippen LogP contribution in [0.2, 0.25) is 0 Å². The highest BCUT2D eigenvalue weighted by Crippen LogP contribution is 2.39. The number of ether oxygens (including phenoxy) is 2. The highest BCUT2D eigenvalue weighted by atomic mass is 16.7. The van der Waals surface area contributed by atoms with Gasteiger partial charge in [-0.05, 0) is 108 Å². The van der Waals surface area contributed by atoms with Gasteiger partial charge >= 0.3 is 11.9 Å². The third kappa shape index (κ3) is 13.4. The molecule has 0 saturated heterocycles. The van der Waals surface area contributed by atoms with Crippen molar-refractivity contribution in [2.75, 3.05) is 13.2 Å². The van der Waals surface area contributed by atoms with Crippen LogP contribution in [-0.2, 0) is 28.7 Å². The van der Waals surface area contributed by atoms with Crippen molar-refractivity contribution >= 4 is 11.9 Å². The number of nitrogens with zero attached hydrogens (tertiary/aromatic N) is 2. The second-order valence-electron chi connectivity index (χ2n) is 16.8. The first-order valence-electron chi connectivity index (χ1n) is 17.0. The molecule has 2 N–H and O–H groups in total. The monoisotopic (exact) mass is 652 g/mol. The average molecular weight is 653 g/mol. The summed E-state index contributed by atoms with van der Waals surface area (Å²) in [6.07, 6.45) is 11.0. The molecule has 10 heteroatoms. The van der Waals surface area contributed by atoms with E-state index < -0.39 is 33.4 Å². The third-order valence-corrected chi connectivity index (χ3v) is 7.98. The SMILES string of the molecule is CC(C)(O)CON1C(C)(C)C=C(OC(=O)CCCCCCCCC(=O)OC2=CC(C)(C)N(OCC(C)(C)O)C(C)(C)C2)CC1(C)C. The summed E-state index contributed by atoms with van der Waals surface area (Å²) >= 11 is 0. The first-order chi connectivity index (χ1) is 20.8. The Hall–Kier alpha value is -1.82. The largest absolute Gasteiger partial charge is 0.431 e. The van der Waals surface area contributed by atoms with Crippen LogP contribution >= 0.6 is 0 Å². The molecule has 0 fully saturated rings. The fourth-order valence-electron chi connectivity index (χ4n) is 6.46. The Labute approximate surface area is 278 Å². The van der Waals surface area contributed by atoms with E-state index in [9.17, 15) is 19.8 Å². The van der Waals surface area contributed by atoms with Gasteiger partial charge in [-0.2, -0.15) is 10.1 Å². The Balaban J connectivity index is 1.68. The van der Waals surface area contributed by atoms with Crippen LogP contribution in [0.1, 0.15) is 147 Å². The standard InChI is InChI=1S/C36H64N2O8/c1-31(2)21-27(22-32(3,4)37(31)43-25-35(9,10)41)45-29(39)19-17-15-13-14-16-18-20-30(40)46-28-23-33(5,6)38(34(7,8)24-28)44-26-36(11,12)42/h21,23,41-42H,13-20,22,24-26H2,1-12H3. The van der Waals surface area contributed by atoms with Crippen LogP contribution in [0.15, 0.2) is 23.7 Å². The molecule has 46 heavy (non-hydrogen) atoms. The molecule has 266 valence electrons. The van der Waals surface area contributed by atoms with Gasteiger partial charge in [0.15, 0.2) is 0 Å². The Bertz CT molecular complexity index is 1010. The van der Waals surface area contributed by atoms with E-state index in [-0.39, 0.29) is 25.2 Å². The summed E-state index contributed by atoms with van der Waals surface area (Å²) in [5, 5.41) is 24.0. The molecule has 10 nitrogen and oxygen atoms in total. The summed E-state index contributed by atoms with van der Waals surface area (Å²) in [5.41, 5.74) is -3.75. The van der Waals surface area contributed by atoms with Gasteiger partial charge in [0.2, 0.25) is 0 Å². The molecule has 0 amide bonds. The predicted molar refractivity (Wildman–Crippen MR) is 179 cm³/mol. The summed E-state index contributed by atoms with van der Waals surface area (Å²) in [6.45, 7) is 23.4. The fraction of sp³-hybridized carbons (Fsp3) is 0.833. The molecule has 0 aromatic heterocycles. The summed E-state index contributed by atoms with van der Waals surface area (Å²) in [4.78, 5) is 37.2. The number of esters is 2. The number of unbranched alkanes of at least 4 members (excludes halogenated alkanes) is 5. The number of hydrogen-bond donors (Lipinski definition) is 2. The van der Waals surface area contributed by atoms with Crippen LogP contribution in [-0.4, -0.2) is 78.8 Å². The molecule has 2 heterocycles. The van der Waals surface area contributed by atoms with Crippen molar-refractivity contribution in [1.29, 1.82) is 0 Å². The van der Waals surface area contributed by atoms with Crippen LogP contribution < -0.4 is 0 Å². The zero-order valence-electron chi connectivity index (χ0n) is 30.9. The quantitative estimate of drug-likeness (QED) is 0.127. The lowest BCUT2D eigenvalue weighted by molar-refractivity contribution is -0.278. The zero-order chi connectivity index (χ0) is 35.2. The van der Waals surface area contributed by atoms with Gasteiger partial charge in [-0.3, -0.25) is 19.3 Å². The van der Waals surface area contributed by atoms with E-state index in [0.29, 0.717) is 37.2 Å². The smallest absolute Gasteiger partial charge is 0.310 e. The maximum Gasteiger partial charge on any atom is 0.310 e. The lowest BCUT2D eigenvalue weighted by atomic mass is 9.86. The molecule has 0 aliphatic carbocycles. The van der Waals surface area contributed by atoms with Gasteiger partial charge in [0.05, 0.1) is 35.5 Å². The summed E-state index contributed by atoms with van der Waals surface area (Å²) < 4.78 is 11.5. The first kappa shape index (κ1) is 40.4. The van der Waals surface area contributed by atoms with Crippen LogP contribution in [0, 0.1) is 0 Å². The van der Waals surface area contributed by atoms with Gasteiger partial charge in [-0.25, -0.2) is 0 Å². The van der Waals surface area contributed by atoms with E-state index in [0.717, 1.165) is 38.5 Å². The van der Waals surface area contributed by atoms with Crippen molar-refractivity contribution in [3.05, 3.63) is 23.7 Å². The van der Waals surface area contributed by atoms with Crippen molar-refractivity contribution in [1.82, 2.24) is 10.1 Å². The summed E-state index contributed by atoms with van der Waals surface area (Å²) in [5.74, 6) is 0.869. The van der Waals surface area contributed by atoms with Gasteiger partial charge in [0.1, 0.15) is 11.5 Å². The third-order valence-electron chi connectivity index (χ3n) is 7.98. The van der Waals surface area contributed by atoms with E-state index in [2.05, 4.69) is 0 Å². The maximum absolute atomic E-state index is 12.6. The van der Waals surface area contributed by atoms with Crippen LogP contribution in [0.4, 0.5) is 0 Å². The van der Waals surface area contributed by atoms with E-state index in [4.69, 9.17) is 19.1 Å². The lowest BCUT2D eigenvalue weighted by Crippen LogP contribution is -2.58. The minimum Gasteiger partial charge on any atom is -0.431 e. The number of hydroxylamine groups is 4. The molecule has 0 aromatic carbocycles. The van der Waals surface area contributed by atoms with Gasteiger partial charge in [-0.15, -0.1) is 0 Å².